The fraction of sp³-hybridized carbons (Fsp3) is 0.429. The van der Waals surface area contributed by atoms with Crippen LogP contribution < -0.4 is 15.8 Å². The molecule has 27 heavy (non-hydrogen) atoms. The molecule has 0 radical (unpaired) electrons. The Hall–Kier alpha value is -2.60. The van der Waals surface area contributed by atoms with E-state index >= 15 is 0 Å². The number of carbonyl (C=O) groups is 1. The molecule has 1 amide bonds. The molecule has 0 spiro atoms. The minimum Gasteiger partial charge on any atom is -0.369 e. The predicted octanol–water partition coefficient (Wildman–Crippen LogP) is 1.57. The Morgan fingerprint density at radius 1 is 1.04 bits per heavy atom. The van der Waals surface area contributed by atoms with Gasteiger partial charge in [-0.05, 0) is 25.1 Å². The Balaban J connectivity index is 1.38. The summed E-state index contributed by atoms with van der Waals surface area (Å²) in [5, 5.41) is 3.00. The molecule has 2 aromatic rings. The molecule has 1 aromatic heterocycles. The topological polar surface area (TPSA) is 57.6 Å². The highest BCUT2D eigenvalue weighted by molar-refractivity contribution is 5.75. The Labute approximate surface area is 160 Å². The van der Waals surface area contributed by atoms with Gasteiger partial charge in [0.1, 0.15) is 0 Å². The average molecular weight is 368 g/mol. The van der Waals surface area contributed by atoms with E-state index in [9.17, 15) is 9.59 Å². The van der Waals surface area contributed by atoms with Crippen LogP contribution in [0.1, 0.15) is 13.3 Å². The third-order valence-corrected chi connectivity index (χ3v) is 5.13. The number of aromatic nitrogens is 1. The third-order valence-electron chi connectivity index (χ3n) is 5.13. The number of carbonyl (C=O) groups excluding carboxylic acids is 1. The summed E-state index contributed by atoms with van der Waals surface area (Å²) in [5.74, 6) is -0.0134. The van der Waals surface area contributed by atoms with Crippen LogP contribution in [0.3, 0.4) is 0 Å². The molecule has 144 valence electrons. The molecule has 1 atom stereocenters. The van der Waals surface area contributed by atoms with E-state index in [1.807, 2.05) is 6.07 Å². The number of para-hydroxylation sites is 1. The first-order valence-corrected chi connectivity index (χ1v) is 9.60. The molecule has 0 saturated carbocycles. The maximum atomic E-state index is 12.1. The van der Waals surface area contributed by atoms with Crippen molar-refractivity contribution in [3.8, 4) is 0 Å². The molecule has 1 aromatic carbocycles. The number of anilines is 1. The highest BCUT2D eigenvalue weighted by Crippen LogP contribution is 2.16. The summed E-state index contributed by atoms with van der Waals surface area (Å²) in [4.78, 5) is 28.6. The molecule has 1 saturated heterocycles. The van der Waals surface area contributed by atoms with Gasteiger partial charge in [-0.15, -0.1) is 0 Å². The molecule has 6 nitrogen and oxygen atoms in total. The van der Waals surface area contributed by atoms with Crippen LogP contribution in [0, 0.1) is 0 Å². The van der Waals surface area contributed by atoms with Gasteiger partial charge in [0.05, 0.1) is 0 Å². The third kappa shape index (κ3) is 5.44. The average Bonchev–Trinajstić information content (AvgIpc) is 2.72. The van der Waals surface area contributed by atoms with E-state index in [0.717, 1.165) is 26.2 Å². The summed E-state index contributed by atoms with van der Waals surface area (Å²) in [6.07, 6.45) is 2.03. The number of benzene rings is 1. The van der Waals surface area contributed by atoms with E-state index in [2.05, 4.69) is 46.3 Å². The summed E-state index contributed by atoms with van der Waals surface area (Å²) < 4.78 is 1.56. The molecule has 2 heterocycles. The van der Waals surface area contributed by atoms with Gasteiger partial charge in [0.25, 0.3) is 5.56 Å². The van der Waals surface area contributed by atoms with Crippen molar-refractivity contribution < 1.29 is 4.79 Å². The van der Waals surface area contributed by atoms with Crippen LogP contribution in [-0.4, -0.2) is 54.1 Å². The van der Waals surface area contributed by atoms with Crippen LogP contribution in [0.5, 0.6) is 0 Å². The van der Waals surface area contributed by atoms with E-state index < -0.39 is 0 Å². The Morgan fingerprint density at radius 3 is 2.44 bits per heavy atom. The van der Waals surface area contributed by atoms with Crippen LogP contribution in [0.2, 0.25) is 0 Å². The normalized spacial score (nSPS) is 16.1. The molecule has 0 aliphatic carbocycles. The lowest BCUT2D eigenvalue weighted by Crippen LogP contribution is -2.52. The van der Waals surface area contributed by atoms with Crippen LogP contribution in [0.4, 0.5) is 5.69 Å². The number of aryl methyl sites for hydroxylation is 1. The Morgan fingerprint density at radius 2 is 1.74 bits per heavy atom. The van der Waals surface area contributed by atoms with Gasteiger partial charge in [0.15, 0.2) is 0 Å². The summed E-state index contributed by atoms with van der Waals surface area (Å²) in [6, 6.07) is 15.8. The maximum absolute atomic E-state index is 12.1. The van der Waals surface area contributed by atoms with Crippen molar-refractivity contribution in [2.24, 2.45) is 0 Å². The lowest BCUT2D eigenvalue weighted by atomic mass is 10.2. The number of nitrogens with one attached hydrogen (secondary N) is 1. The summed E-state index contributed by atoms with van der Waals surface area (Å²) in [5.41, 5.74) is 1.20. The zero-order chi connectivity index (χ0) is 19.1. The van der Waals surface area contributed by atoms with Crippen molar-refractivity contribution in [2.75, 3.05) is 37.6 Å². The fourth-order valence-corrected chi connectivity index (χ4v) is 3.41. The molecule has 6 heteroatoms. The van der Waals surface area contributed by atoms with Gasteiger partial charge in [-0.25, -0.2) is 0 Å². The molecule has 1 unspecified atom stereocenters. The molecular weight excluding hydrogens is 340 g/mol. The quantitative estimate of drug-likeness (QED) is 0.806. The first-order chi connectivity index (χ1) is 13.1. The van der Waals surface area contributed by atoms with Crippen molar-refractivity contribution in [2.45, 2.75) is 25.9 Å². The second-order valence-corrected chi connectivity index (χ2v) is 6.99. The summed E-state index contributed by atoms with van der Waals surface area (Å²) >= 11 is 0. The van der Waals surface area contributed by atoms with Crippen LogP contribution in [0.15, 0.2) is 59.5 Å². The van der Waals surface area contributed by atoms with E-state index in [0.29, 0.717) is 25.6 Å². The minimum absolute atomic E-state index is 0.0134. The molecule has 0 bridgehead atoms. The lowest BCUT2D eigenvalue weighted by molar-refractivity contribution is -0.121. The molecule has 3 rings (SSSR count). The standard InChI is InChI=1S/C21H28N4O2/c1-18(17-22-20(26)10-12-25-11-6-5-9-21(25)27)23-13-15-24(16-14-23)19-7-3-2-4-8-19/h2-9,11,18H,10,12-17H2,1H3,(H,22,26). The number of pyridine rings is 1. The first-order valence-electron chi connectivity index (χ1n) is 9.60. The molecular formula is C21H28N4O2. The van der Waals surface area contributed by atoms with Crippen molar-refractivity contribution in [1.82, 2.24) is 14.8 Å². The van der Waals surface area contributed by atoms with E-state index in [1.54, 1.807) is 22.9 Å². The Bertz CT molecular complexity index is 782. The van der Waals surface area contributed by atoms with Gasteiger partial charge in [-0.1, -0.05) is 24.3 Å². The highest BCUT2D eigenvalue weighted by atomic mass is 16.1. The van der Waals surface area contributed by atoms with E-state index in [1.165, 1.54) is 11.8 Å². The van der Waals surface area contributed by atoms with Crippen molar-refractivity contribution in [1.29, 1.82) is 0 Å². The lowest BCUT2D eigenvalue weighted by Gasteiger charge is -2.39. The number of piperazine rings is 1. The van der Waals surface area contributed by atoms with Crippen molar-refractivity contribution in [3.63, 3.8) is 0 Å². The van der Waals surface area contributed by atoms with Gasteiger partial charge in [-0.2, -0.15) is 0 Å². The van der Waals surface area contributed by atoms with Crippen molar-refractivity contribution in [3.05, 3.63) is 65.1 Å². The number of hydrogen-bond acceptors (Lipinski definition) is 4. The smallest absolute Gasteiger partial charge is 0.250 e. The van der Waals surface area contributed by atoms with Gasteiger partial charge in [-0.3, -0.25) is 14.5 Å². The number of nitrogens with zero attached hydrogens (tertiary/aromatic N) is 3. The highest BCUT2D eigenvalue weighted by Gasteiger charge is 2.21. The zero-order valence-corrected chi connectivity index (χ0v) is 15.9. The summed E-state index contributed by atoms with van der Waals surface area (Å²) in [6.45, 7) is 7.18. The summed E-state index contributed by atoms with van der Waals surface area (Å²) in [7, 11) is 0. The van der Waals surface area contributed by atoms with E-state index in [4.69, 9.17) is 0 Å². The van der Waals surface area contributed by atoms with Crippen LogP contribution in [-0.2, 0) is 11.3 Å². The second kappa shape index (κ2) is 9.37. The minimum atomic E-state index is -0.0741. The van der Waals surface area contributed by atoms with Crippen LogP contribution >= 0.6 is 0 Å². The van der Waals surface area contributed by atoms with Gasteiger partial charge in [0.2, 0.25) is 5.91 Å². The monoisotopic (exact) mass is 368 g/mol. The fourth-order valence-electron chi connectivity index (χ4n) is 3.41. The van der Waals surface area contributed by atoms with Crippen LogP contribution in [0.25, 0.3) is 0 Å². The second-order valence-electron chi connectivity index (χ2n) is 6.99. The largest absolute Gasteiger partial charge is 0.369 e. The number of hydrogen-bond donors (Lipinski definition) is 1. The van der Waals surface area contributed by atoms with Gasteiger partial charge < -0.3 is 14.8 Å². The molecule has 1 aliphatic rings. The van der Waals surface area contributed by atoms with Crippen molar-refractivity contribution >= 4 is 11.6 Å². The molecule has 1 N–H and O–H groups in total. The Kier molecular flexibility index (Phi) is 6.65. The number of amides is 1. The zero-order valence-electron chi connectivity index (χ0n) is 15.9. The SMILES string of the molecule is CC(CNC(=O)CCn1ccccc1=O)N1CCN(c2ccccc2)CC1. The van der Waals surface area contributed by atoms with Gasteiger partial charge >= 0.3 is 0 Å². The molecule has 1 fully saturated rings. The maximum Gasteiger partial charge on any atom is 0.250 e. The first kappa shape index (κ1) is 19.2. The predicted molar refractivity (Wildman–Crippen MR) is 108 cm³/mol. The van der Waals surface area contributed by atoms with E-state index in [-0.39, 0.29) is 11.5 Å². The van der Waals surface area contributed by atoms with Gasteiger partial charge in [0, 0.05) is 69.7 Å². The number of rotatable bonds is 7. The molecule has 1 aliphatic heterocycles.